The highest BCUT2D eigenvalue weighted by atomic mass is 32.2. The summed E-state index contributed by atoms with van der Waals surface area (Å²) in [5, 5.41) is 4.46. The third kappa shape index (κ3) is 4.62. The highest BCUT2D eigenvalue weighted by Gasteiger charge is 2.29. The van der Waals surface area contributed by atoms with Gasteiger partial charge < -0.3 is 10.2 Å². The second-order valence-electron chi connectivity index (χ2n) is 6.75. The van der Waals surface area contributed by atoms with Crippen molar-refractivity contribution < 1.29 is 4.79 Å². The predicted molar refractivity (Wildman–Crippen MR) is 98.2 cm³/mol. The van der Waals surface area contributed by atoms with Crippen LogP contribution in [0.15, 0.2) is 17.4 Å². The lowest BCUT2D eigenvalue weighted by atomic mass is 9.87. The number of amides is 1. The first kappa shape index (κ1) is 17.5. The second kappa shape index (κ2) is 8.70. The number of hydrogen-bond donors (Lipinski definition) is 1. The number of carbonyl (C=O) groups is 1. The van der Waals surface area contributed by atoms with Gasteiger partial charge in [-0.05, 0) is 31.4 Å². The number of nitrogens with one attached hydrogen (secondary N) is 1. The number of nitrogens with zero attached hydrogens (tertiary/aromatic N) is 3. The quantitative estimate of drug-likeness (QED) is 0.824. The number of piperidine rings is 1. The summed E-state index contributed by atoms with van der Waals surface area (Å²) in [5.41, 5.74) is 0. The first-order valence-electron chi connectivity index (χ1n) is 9.26. The van der Waals surface area contributed by atoms with Crippen LogP contribution in [0.5, 0.6) is 0 Å². The summed E-state index contributed by atoms with van der Waals surface area (Å²) >= 11 is 1.71. The molecule has 0 radical (unpaired) electrons. The maximum Gasteiger partial charge on any atom is 0.225 e. The van der Waals surface area contributed by atoms with E-state index in [9.17, 15) is 4.79 Å². The van der Waals surface area contributed by atoms with Crippen LogP contribution in [0.2, 0.25) is 0 Å². The zero-order chi connectivity index (χ0) is 16.8. The van der Waals surface area contributed by atoms with Gasteiger partial charge in [0.15, 0.2) is 0 Å². The van der Waals surface area contributed by atoms with Crippen molar-refractivity contribution in [2.24, 2.45) is 5.92 Å². The summed E-state index contributed by atoms with van der Waals surface area (Å²) < 4.78 is 0. The molecule has 2 aliphatic rings. The Hall–Kier alpha value is -1.30. The Morgan fingerprint density at radius 1 is 1.21 bits per heavy atom. The predicted octanol–water partition coefficient (Wildman–Crippen LogP) is 3.57. The van der Waals surface area contributed by atoms with Crippen LogP contribution in [-0.2, 0) is 4.79 Å². The third-order valence-corrected chi connectivity index (χ3v) is 5.80. The molecule has 24 heavy (non-hydrogen) atoms. The normalized spacial score (nSPS) is 20.1. The Bertz CT molecular complexity index is 540. The number of carbonyl (C=O) groups excluding carboxylic acids is 1. The summed E-state index contributed by atoms with van der Waals surface area (Å²) in [6.07, 6.45) is 11.5. The number of anilines is 1. The summed E-state index contributed by atoms with van der Waals surface area (Å²) in [5.74, 6) is 2.54. The molecule has 1 N–H and O–H groups in total. The summed E-state index contributed by atoms with van der Waals surface area (Å²) in [6, 6.07) is 0.386. The fraction of sp³-hybridized carbons (Fsp3) is 0.722. The molecule has 0 spiro atoms. The molecular weight excluding hydrogens is 320 g/mol. The lowest BCUT2D eigenvalue weighted by molar-refractivity contribution is -0.137. The lowest BCUT2D eigenvalue weighted by Crippen LogP contribution is -2.45. The van der Waals surface area contributed by atoms with Crippen LogP contribution in [0, 0.1) is 5.92 Å². The first-order valence-corrected chi connectivity index (χ1v) is 10.2. The van der Waals surface area contributed by atoms with E-state index in [-0.39, 0.29) is 5.92 Å². The molecule has 1 aromatic heterocycles. The van der Waals surface area contributed by atoms with E-state index in [1.165, 1.54) is 19.3 Å². The van der Waals surface area contributed by atoms with Crippen LogP contribution in [0.3, 0.4) is 0 Å². The van der Waals surface area contributed by atoms with E-state index in [0.717, 1.165) is 55.4 Å². The van der Waals surface area contributed by atoms with Crippen LogP contribution in [-0.4, -0.2) is 45.7 Å². The molecule has 0 aromatic carbocycles. The van der Waals surface area contributed by atoms with Gasteiger partial charge in [0.25, 0.3) is 0 Å². The van der Waals surface area contributed by atoms with Crippen molar-refractivity contribution in [2.45, 2.75) is 62.9 Å². The molecule has 2 fully saturated rings. The first-order chi connectivity index (χ1) is 11.8. The molecule has 0 unspecified atom stereocenters. The van der Waals surface area contributed by atoms with E-state index < -0.39 is 0 Å². The molecule has 132 valence electrons. The molecule has 3 rings (SSSR count). The average Bonchev–Trinajstić information content (AvgIpc) is 2.63. The molecule has 6 heteroatoms. The van der Waals surface area contributed by atoms with Gasteiger partial charge in [-0.25, -0.2) is 4.98 Å². The molecule has 5 nitrogen and oxygen atoms in total. The van der Waals surface area contributed by atoms with Gasteiger partial charge in [-0.15, -0.1) is 11.8 Å². The van der Waals surface area contributed by atoms with E-state index in [1.54, 1.807) is 18.0 Å². The molecular formula is C18H28N4OS. The van der Waals surface area contributed by atoms with Crippen molar-refractivity contribution in [1.29, 1.82) is 0 Å². The number of aromatic nitrogens is 2. The van der Waals surface area contributed by atoms with Gasteiger partial charge in [-0.1, -0.05) is 26.2 Å². The number of likely N-dealkylation sites (tertiary alicyclic amines) is 1. The van der Waals surface area contributed by atoms with Crippen molar-refractivity contribution in [3.05, 3.63) is 12.4 Å². The Balaban J connectivity index is 1.48. The molecule has 1 amide bonds. The van der Waals surface area contributed by atoms with Gasteiger partial charge in [0.1, 0.15) is 10.8 Å². The minimum Gasteiger partial charge on any atom is -0.366 e. The smallest absolute Gasteiger partial charge is 0.225 e. The molecule has 0 bridgehead atoms. The van der Waals surface area contributed by atoms with Crippen molar-refractivity contribution in [2.75, 3.05) is 24.2 Å². The molecule has 1 saturated carbocycles. The van der Waals surface area contributed by atoms with Gasteiger partial charge >= 0.3 is 0 Å². The van der Waals surface area contributed by atoms with E-state index in [4.69, 9.17) is 0 Å². The highest BCUT2D eigenvalue weighted by Crippen LogP contribution is 2.27. The zero-order valence-electron chi connectivity index (χ0n) is 14.5. The molecule has 1 aliphatic carbocycles. The third-order valence-electron chi connectivity index (χ3n) is 5.02. The number of hydrogen-bond acceptors (Lipinski definition) is 5. The van der Waals surface area contributed by atoms with E-state index in [2.05, 4.69) is 27.1 Å². The van der Waals surface area contributed by atoms with Crippen LogP contribution < -0.4 is 5.32 Å². The maximum absolute atomic E-state index is 12.6. The minimum atomic E-state index is 0.289. The molecule has 1 aromatic rings. The minimum absolute atomic E-state index is 0.289. The standard InChI is InChI=1S/C18H28N4OS/c1-2-24-17-13-19-12-16(21-17)20-15-8-10-22(11-9-15)18(23)14-6-4-3-5-7-14/h12-15H,2-11H2,1H3,(H,20,21). The van der Waals surface area contributed by atoms with Gasteiger partial charge in [0, 0.05) is 25.0 Å². The second-order valence-corrected chi connectivity index (χ2v) is 8.04. The lowest BCUT2D eigenvalue weighted by Gasteiger charge is -2.35. The highest BCUT2D eigenvalue weighted by molar-refractivity contribution is 7.99. The van der Waals surface area contributed by atoms with Crippen molar-refractivity contribution in [3.63, 3.8) is 0 Å². The fourth-order valence-electron chi connectivity index (χ4n) is 3.70. The SMILES string of the molecule is CCSc1cncc(NC2CCN(C(=O)C3CCCCC3)CC2)n1. The Morgan fingerprint density at radius 2 is 1.96 bits per heavy atom. The molecule has 1 saturated heterocycles. The van der Waals surface area contributed by atoms with Gasteiger partial charge in [0.05, 0.1) is 12.4 Å². The Labute approximate surface area is 149 Å². The van der Waals surface area contributed by atoms with E-state index >= 15 is 0 Å². The monoisotopic (exact) mass is 348 g/mol. The number of rotatable bonds is 5. The van der Waals surface area contributed by atoms with Crippen LogP contribution >= 0.6 is 11.8 Å². The van der Waals surface area contributed by atoms with E-state index in [0.29, 0.717) is 11.9 Å². The average molecular weight is 349 g/mol. The topological polar surface area (TPSA) is 58.1 Å². The van der Waals surface area contributed by atoms with Crippen LogP contribution in [0.4, 0.5) is 5.82 Å². The zero-order valence-corrected chi connectivity index (χ0v) is 15.4. The molecule has 1 aliphatic heterocycles. The summed E-state index contributed by atoms with van der Waals surface area (Å²) in [6.45, 7) is 3.85. The summed E-state index contributed by atoms with van der Waals surface area (Å²) in [7, 11) is 0. The van der Waals surface area contributed by atoms with Crippen molar-refractivity contribution in [1.82, 2.24) is 14.9 Å². The van der Waals surface area contributed by atoms with Gasteiger partial charge in [-0.2, -0.15) is 0 Å². The van der Waals surface area contributed by atoms with Crippen molar-refractivity contribution >= 4 is 23.5 Å². The molecule has 2 heterocycles. The van der Waals surface area contributed by atoms with Gasteiger partial charge in [0.2, 0.25) is 5.91 Å². The van der Waals surface area contributed by atoms with Gasteiger partial charge in [-0.3, -0.25) is 9.78 Å². The Kier molecular flexibility index (Phi) is 6.35. The maximum atomic E-state index is 12.6. The molecule has 0 atom stereocenters. The summed E-state index contributed by atoms with van der Waals surface area (Å²) in [4.78, 5) is 23.6. The number of thioether (sulfide) groups is 1. The van der Waals surface area contributed by atoms with E-state index in [1.807, 2.05) is 6.20 Å². The van der Waals surface area contributed by atoms with Crippen LogP contribution in [0.25, 0.3) is 0 Å². The Morgan fingerprint density at radius 3 is 2.67 bits per heavy atom. The fourth-order valence-corrected chi connectivity index (χ4v) is 4.29. The van der Waals surface area contributed by atoms with Crippen molar-refractivity contribution in [3.8, 4) is 0 Å². The van der Waals surface area contributed by atoms with Crippen LogP contribution in [0.1, 0.15) is 51.9 Å². The largest absolute Gasteiger partial charge is 0.366 e.